The maximum absolute atomic E-state index is 14.3. The summed E-state index contributed by atoms with van der Waals surface area (Å²) in [4.78, 5) is 43.8. The summed E-state index contributed by atoms with van der Waals surface area (Å²) in [6.45, 7) is 1.05. The molecule has 80 heavy (non-hydrogen) atoms. The normalized spacial score (nSPS) is 15.0. The van der Waals surface area contributed by atoms with E-state index in [1.807, 2.05) is 0 Å². The van der Waals surface area contributed by atoms with Crippen LogP contribution in [0.3, 0.4) is 0 Å². The van der Waals surface area contributed by atoms with Gasteiger partial charge in [0.2, 0.25) is 17.7 Å². The molecule has 0 aliphatic carbocycles. The zero-order valence-corrected chi connectivity index (χ0v) is 44.8. The second kappa shape index (κ2) is 30.4. The van der Waals surface area contributed by atoms with Gasteiger partial charge >= 0.3 is 26.9 Å². The molecule has 0 N–H and O–H groups in total. The molecule has 3 aliphatic rings. The van der Waals surface area contributed by atoms with E-state index < -0.39 is 45.2 Å². The molecule has 3 amide bonds. The van der Waals surface area contributed by atoms with Crippen LogP contribution in [0.15, 0.2) is 72.8 Å². The Hall–Kier alpha value is -6.37. The van der Waals surface area contributed by atoms with E-state index in [1.54, 1.807) is 14.7 Å². The summed E-state index contributed by atoms with van der Waals surface area (Å²) in [5.41, 5.74) is 1.69. The highest BCUT2D eigenvalue weighted by atomic mass is 31.2. The van der Waals surface area contributed by atoms with Crippen molar-refractivity contribution < 1.29 is 86.2 Å². The van der Waals surface area contributed by atoms with Crippen molar-refractivity contribution in [1.82, 2.24) is 14.7 Å². The Morgan fingerprint density at radius 1 is 0.400 bits per heavy atom. The van der Waals surface area contributed by atoms with Gasteiger partial charge in [0.1, 0.15) is 35.6 Å². The van der Waals surface area contributed by atoms with Gasteiger partial charge < -0.3 is 28.9 Å². The molecule has 0 aromatic heterocycles. The predicted molar refractivity (Wildman–Crippen MR) is 275 cm³/mol. The van der Waals surface area contributed by atoms with Gasteiger partial charge in [-0.25, -0.2) is 4.57 Å². The highest BCUT2D eigenvalue weighted by molar-refractivity contribution is 7.48. The first-order valence-electron chi connectivity index (χ1n) is 26.6. The number of carbonyl (C=O) groups excluding carboxylic acids is 3. The zero-order chi connectivity index (χ0) is 57.6. The first-order valence-corrected chi connectivity index (χ1v) is 28.0. The van der Waals surface area contributed by atoms with Gasteiger partial charge in [-0.1, -0.05) is 74.0 Å². The average molecular weight is 1150 g/mol. The summed E-state index contributed by atoms with van der Waals surface area (Å²) in [7, 11) is -4.25. The lowest BCUT2D eigenvalue weighted by Gasteiger charge is -2.45. The quantitative estimate of drug-likeness (QED) is 0.0314. The van der Waals surface area contributed by atoms with Crippen LogP contribution in [0.4, 0.5) is 39.5 Å². The number of hydrogen-bond acceptors (Lipinski definition) is 10. The molecular weight excluding hydrogens is 1090 g/mol. The Morgan fingerprint density at radius 3 is 0.875 bits per heavy atom. The van der Waals surface area contributed by atoms with Crippen molar-refractivity contribution in [3.05, 3.63) is 89.5 Å². The van der Waals surface area contributed by atoms with Crippen molar-refractivity contribution in [2.24, 2.45) is 0 Å². The smallest absolute Gasteiger partial charge is 0.406 e. The third-order valence-electron chi connectivity index (χ3n) is 12.7. The van der Waals surface area contributed by atoms with Crippen molar-refractivity contribution in [2.75, 3.05) is 39.3 Å². The lowest BCUT2D eigenvalue weighted by Crippen LogP contribution is -2.57. The van der Waals surface area contributed by atoms with Crippen molar-refractivity contribution in [3.63, 3.8) is 0 Å². The molecule has 3 heterocycles. The Balaban J connectivity index is 0.872. The van der Waals surface area contributed by atoms with E-state index in [2.05, 4.69) is 49.7 Å². The minimum Gasteiger partial charge on any atom is -0.406 e. The summed E-state index contributed by atoms with van der Waals surface area (Å²) in [6, 6.07) is 15.9. The van der Waals surface area contributed by atoms with Crippen LogP contribution in [0.25, 0.3) is 0 Å². The van der Waals surface area contributed by atoms with Crippen LogP contribution in [0.1, 0.15) is 132 Å². The average Bonchev–Trinajstić information content (AvgIpc) is 3.36. The highest BCUT2D eigenvalue weighted by Gasteiger charge is 2.47. The van der Waals surface area contributed by atoms with Crippen LogP contribution in [0, 0.1) is 35.5 Å². The number of likely N-dealkylation sites (tertiary alicyclic amines) is 3. The number of ether oxygens (including phenoxy) is 3. The topological polar surface area (TPSA) is 133 Å². The van der Waals surface area contributed by atoms with Crippen LogP contribution in [-0.2, 0) is 32.5 Å². The van der Waals surface area contributed by atoms with Crippen molar-refractivity contribution in [1.29, 1.82) is 0 Å². The number of unbranched alkanes of at least 4 members (excludes halogenated alkanes) is 12. The Bertz CT molecular complexity index is 2410. The molecule has 434 valence electrons. The molecule has 0 saturated carbocycles. The van der Waals surface area contributed by atoms with E-state index in [0.29, 0.717) is 74.5 Å². The predicted octanol–water partition coefficient (Wildman–Crippen LogP) is 12.6. The van der Waals surface area contributed by atoms with Crippen molar-refractivity contribution in [2.45, 2.75) is 153 Å². The number of carbonyl (C=O) groups is 3. The number of alkyl halides is 9. The lowest BCUT2D eigenvalue weighted by atomic mass is 10.1. The Kier molecular flexibility index (Phi) is 23.9. The fourth-order valence-corrected chi connectivity index (χ4v) is 10.1. The Morgan fingerprint density at radius 2 is 0.637 bits per heavy atom. The molecule has 23 heteroatoms. The van der Waals surface area contributed by atoms with Crippen LogP contribution in [0.5, 0.6) is 17.2 Å². The van der Waals surface area contributed by atoms with Crippen LogP contribution >= 0.6 is 7.82 Å². The molecule has 3 aliphatic heterocycles. The fourth-order valence-electron chi connectivity index (χ4n) is 8.46. The number of rotatable bonds is 27. The largest absolute Gasteiger partial charge is 0.573 e. The van der Waals surface area contributed by atoms with Gasteiger partial charge in [0, 0.05) is 94.5 Å². The van der Waals surface area contributed by atoms with Gasteiger partial charge in [0.05, 0.1) is 0 Å². The number of halogens is 9. The van der Waals surface area contributed by atoms with E-state index in [1.165, 1.54) is 72.8 Å². The third-order valence-corrected chi connectivity index (χ3v) is 14.4. The SMILES string of the molecule is O=C(CCCCCCC#Cc1ccc(OC(F)(F)F)cc1)N1CC(OP(=O)(OC2CN(C(=O)CCCCCCC#Cc3ccc(OC(F)(F)F)cc3)C2)OC2CN(C(=O)CCCCCCC#Cc3ccc(OC(F)(F)F)cc3)C2)C1. The van der Waals surface area contributed by atoms with Crippen LogP contribution in [-0.4, -0.2) is 109 Å². The molecule has 0 atom stereocenters. The first-order chi connectivity index (χ1) is 38.1. The Labute approximate surface area is 459 Å². The van der Waals surface area contributed by atoms with Crippen molar-refractivity contribution >= 4 is 25.5 Å². The van der Waals surface area contributed by atoms with E-state index in [9.17, 15) is 58.5 Å². The molecule has 6 rings (SSSR count). The molecular formula is C57H63F9N3O10P. The number of hydrogen-bond donors (Lipinski definition) is 0. The number of phosphoric acid groups is 1. The van der Waals surface area contributed by atoms with Gasteiger partial charge in [-0.05, 0) is 111 Å². The molecule has 13 nitrogen and oxygen atoms in total. The molecule has 3 fully saturated rings. The number of nitrogens with zero attached hydrogens (tertiary/aromatic N) is 3. The minimum absolute atomic E-state index is 0.0840. The summed E-state index contributed by atoms with van der Waals surface area (Å²) in [5.74, 6) is 16.5. The molecule has 0 radical (unpaired) electrons. The van der Waals surface area contributed by atoms with E-state index in [-0.39, 0.29) is 74.2 Å². The lowest BCUT2D eigenvalue weighted by molar-refractivity contribution is -0.275. The molecule has 3 aromatic rings. The molecule has 3 saturated heterocycles. The van der Waals surface area contributed by atoms with E-state index in [0.717, 1.165) is 57.8 Å². The first kappa shape index (κ1) is 62.8. The van der Waals surface area contributed by atoms with Gasteiger partial charge in [-0.2, -0.15) is 0 Å². The summed E-state index contributed by atoms with van der Waals surface area (Å²) >= 11 is 0. The zero-order valence-electron chi connectivity index (χ0n) is 43.9. The number of amides is 3. The fraction of sp³-hybridized carbons (Fsp3) is 0.526. The minimum atomic E-state index is -4.77. The third kappa shape index (κ3) is 23.8. The molecule has 0 spiro atoms. The van der Waals surface area contributed by atoms with Crippen molar-refractivity contribution in [3.8, 4) is 52.8 Å². The van der Waals surface area contributed by atoms with Gasteiger partial charge in [0.15, 0.2) is 0 Å². The highest BCUT2D eigenvalue weighted by Crippen LogP contribution is 2.55. The standard InChI is InChI=1S/C57H63F9N3O10P/c58-55(59,60)74-46-31-25-43(26-32-46)19-13-7-1-4-10-16-22-52(70)67-37-49(38-67)77-80(73,78-50-39-68(40-50)53(71)23-17-11-5-2-8-14-20-44-27-33-47(34-28-44)75-56(61,62)63)79-51-41-69(42-51)54(72)24-18-12-6-3-9-15-21-45-29-35-48(36-30-45)76-57(64,65)66/h25-36,49-51H,1-12,16-18,22-24,37-42H2. The number of benzene rings is 3. The van der Waals surface area contributed by atoms with Gasteiger partial charge in [-0.3, -0.25) is 28.0 Å². The second-order valence-electron chi connectivity index (χ2n) is 19.4. The summed E-state index contributed by atoms with van der Waals surface area (Å²) in [5, 5.41) is 0. The maximum Gasteiger partial charge on any atom is 0.573 e. The van der Waals surface area contributed by atoms with Crippen LogP contribution in [0.2, 0.25) is 0 Å². The summed E-state index contributed by atoms with van der Waals surface area (Å²) < 4.78 is 155. The maximum atomic E-state index is 14.3. The summed E-state index contributed by atoms with van der Waals surface area (Å²) in [6.07, 6.45) is -4.47. The molecule has 0 bridgehead atoms. The van der Waals surface area contributed by atoms with Crippen LogP contribution < -0.4 is 14.2 Å². The number of phosphoric ester groups is 1. The van der Waals surface area contributed by atoms with Gasteiger partial charge in [-0.15, -0.1) is 39.5 Å². The van der Waals surface area contributed by atoms with Gasteiger partial charge in [0.25, 0.3) is 0 Å². The van der Waals surface area contributed by atoms with E-state index in [4.69, 9.17) is 13.6 Å². The molecule has 0 unspecified atom stereocenters. The van der Waals surface area contributed by atoms with E-state index >= 15 is 0 Å². The molecule has 3 aromatic carbocycles. The monoisotopic (exact) mass is 1150 g/mol. The second-order valence-corrected chi connectivity index (χ2v) is 20.9.